The molecule has 0 heterocycles. The van der Waals surface area contributed by atoms with E-state index in [0.717, 1.165) is 55.4 Å². The van der Waals surface area contributed by atoms with Crippen molar-refractivity contribution in [1.29, 1.82) is 0 Å². The van der Waals surface area contributed by atoms with Crippen LogP contribution in [0.5, 0.6) is 0 Å². The Morgan fingerprint density at radius 3 is 1.86 bits per heavy atom. The van der Waals surface area contributed by atoms with Crippen molar-refractivity contribution in [3.8, 4) is 0 Å². The van der Waals surface area contributed by atoms with E-state index < -0.39 is 6.10 Å². The molecule has 0 aliphatic rings. The van der Waals surface area contributed by atoms with Crippen LogP contribution >= 0.6 is 0 Å². The summed E-state index contributed by atoms with van der Waals surface area (Å²) in [6, 6.07) is 0. The molecule has 0 aliphatic heterocycles. The van der Waals surface area contributed by atoms with Gasteiger partial charge in [0.1, 0.15) is 6.10 Å². The molecule has 0 spiro atoms. The second-order valence-electron chi connectivity index (χ2n) is 9.76. The van der Waals surface area contributed by atoms with E-state index in [9.17, 15) is 9.90 Å². The highest BCUT2D eigenvalue weighted by Gasteiger charge is 2.12. The Bertz CT molecular complexity index is 411. The summed E-state index contributed by atoms with van der Waals surface area (Å²) in [5, 5.41) is 9.94. The fourth-order valence-electron chi connectivity index (χ4n) is 3.85. The standard InChI is InChI=1S/C26H50O2/c1-7-8-9-19-25(27)26(28)20-24(6)18-12-17-23(5)16-11-15-22(4)14-10-13-21(2)3/h20-23,25,27H,7-19H2,1-6H3. The van der Waals surface area contributed by atoms with Gasteiger partial charge in [-0.25, -0.2) is 0 Å². The molecule has 0 saturated heterocycles. The second kappa shape index (κ2) is 17.2. The van der Waals surface area contributed by atoms with Crippen LogP contribution in [0, 0.1) is 17.8 Å². The van der Waals surface area contributed by atoms with Crippen molar-refractivity contribution >= 4 is 5.78 Å². The number of unbranched alkanes of at least 4 members (excludes halogenated alkanes) is 2. The first-order valence-electron chi connectivity index (χ1n) is 12.1. The lowest BCUT2D eigenvalue weighted by molar-refractivity contribution is -0.122. The van der Waals surface area contributed by atoms with E-state index in [1.54, 1.807) is 6.08 Å². The average molecular weight is 395 g/mol. The zero-order valence-electron chi connectivity index (χ0n) is 19.9. The third-order valence-corrected chi connectivity index (χ3v) is 5.94. The summed E-state index contributed by atoms with van der Waals surface area (Å²) < 4.78 is 0. The van der Waals surface area contributed by atoms with Gasteiger partial charge in [0, 0.05) is 0 Å². The third kappa shape index (κ3) is 16.3. The molecule has 0 rings (SSSR count). The van der Waals surface area contributed by atoms with Crippen LogP contribution in [0.3, 0.4) is 0 Å². The minimum absolute atomic E-state index is 0.104. The molecule has 0 aromatic heterocycles. The Morgan fingerprint density at radius 2 is 1.32 bits per heavy atom. The minimum Gasteiger partial charge on any atom is -0.385 e. The molecule has 2 heteroatoms. The van der Waals surface area contributed by atoms with Crippen molar-refractivity contribution in [2.24, 2.45) is 17.8 Å². The third-order valence-electron chi connectivity index (χ3n) is 5.94. The highest BCUT2D eigenvalue weighted by atomic mass is 16.3. The smallest absolute Gasteiger partial charge is 0.184 e. The summed E-state index contributed by atoms with van der Waals surface area (Å²) in [5.41, 5.74) is 1.12. The zero-order valence-corrected chi connectivity index (χ0v) is 19.9. The molecule has 0 bridgehead atoms. The SMILES string of the molecule is CCCCCC(O)C(=O)C=C(C)CCCC(C)CCCC(C)CCCC(C)C. The molecule has 0 amide bonds. The number of ketones is 1. The molecular weight excluding hydrogens is 344 g/mol. The minimum atomic E-state index is -0.803. The molecule has 0 aliphatic carbocycles. The molecule has 0 aromatic carbocycles. The number of carbonyl (C=O) groups excluding carboxylic acids is 1. The molecule has 166 valence electrons. The van der Waals surface area contributed by atoms with E-state index in [1.165, 1.54) is 44.9 Å². The van der Waals surface area contributed by atoms with Crippen LogP contribution in [-0.4, -0.2) is 17.0 Å². The van der Waals surface area contributed by atoms with Crippen molar-refractivity contribution in [3.05, 3.63) is 11.6 Å². The summed E-state index contributed by atoms with van der Waals surface area (Å²) in [4.78, 5) is 12.0. The number of aliphatic hydroxyl groups excluding tert-OH is 1. The van der Waals surface area contributed by atoms with Crippen LogP contribution in [-0.2, 0) is 4.79 Å². The summed E-state index contributed by atoms with van der Waals surface area (Å²) >= 11 is 0. The highest BCUT2D eigenvalue weighted by Crippen LogP contribution is 2.22. The maximum absolute atomic E-state index is 12.0. The molecular formula is C26H50O2. The Labute approximate surface area is 176 Å². The quantitative estimate of drug-likeness (QED) is 0.189. The molecule has 28 heavy (non-hydrogen) atoms. The van der Waals surface area contributed by atoms with Crippen LogP contribution in [0.25, 0.3) is 0 Å². The monoisotopic (exact) mass is 394 g/mol. The average Bonchev–Trinajstić information content (AvgIpc) is 2.61. The van der Waals surface area contributed by atoms with Crippen LogP contribution in [0.1, 0.15) is 125 Å². The molecule has 0 radical (unpaired) electrons. The van der Waals surface area contributed by atoms with Gasteiger partial charge in [-0.1, -0.05) is 104 Å². The summed E-state index contributed by atoms with van der Waals surface area (Å²) in [6.07, 6.45) is 16.1. The van der Waals surface area contributed by atoms with E-state index in [2.05, 4.69) is 34.6 Å². The summed E-state index contributed by atoms with van der Waals surface area (Å²) in [7, 11) is 0. The van der Waals surface area contributed by atoms with Crippen molar-refractivity contribution in [3.63, 3.8) is 0 Å². The zero-order chi connectivity index (χ0) is 21.4. The maximum atomic E-state index is 12.0. The highest BCUT2D eigenvalue weighted by molar-refractivity contribution is 5.93. The first-order valence-corrected chi connectivity index (χ1v) is 12.1. The molecule has 2 nitrogen and oxygen atoms in total. The predicted molar refractivity (Wildman–Crippen MR) is 124 cm³/mol. The fraction of sp³-hybridized carbons (Fsp3) is 0.885. The van der Waals surface area contributed by atoms with E-state index in [0.29, 0.717) is 6.42 Å². The van der Waals surface area contributed by atoms with E-state index in [1.807, 2.05) is 6.92 Å². The van der Waals surface area contributed by atoms with Crippen molar-refractivity contribution < 1.29 is 9.90 Å². The number of aliphatic hydroxyl groups is 1. The Kier molecular flexibility index (Phi) is 16.9. The Hall–Kier alpha value is -0.630. The van der Waals surface area contributed by atoms with Gasteiger partial charge in [-0.3, -0.25) is 4.79 Å². The molecule has 0 aromatic rings. The lowest BCUT2D eigenvalue weighted by Gasteiger charge is -2.15. The lowest BCUT2D eigenvalue weighted by atomic mass is 9.91. The second-order valence-corrected chi connectivity index (χ2v) is 9.76. The number of rotatable bonds is 18. The molecule has 0 fully saturated rings. The van der Waals surface area contributed by atoms with Gasteiger partial charge in [0.15, 0.2) is 5.78 Å². The van der Waals surface area contributed by atoms with Crippen LogP contribution in [0.2, 0.25) is 0 Å². The van der Waals surface area contributed by atoms with Crippen LogP contribution in [0.15, 0.2) is 11.6 Å². The number of hydrogen-bond acceptors (Lipinski definition) is 2. The number of allylic oxidation sites excluding steroid dienone is 1. The normalized spacial score (nSPS) is 15.6. The van der Waals surface area contributed by atoms with Gasteiger partial charge in [-0.2, -0.15) is 0 Å². The van der Waals surface area contributed by atoms with Crippen LogP contribution in [0.4, 0.5) is 0 Å². The van der Waals surface area contributed by atoms with Gasteiger partial charge < -0.3 is 5.11 Å². The molecule has 3 atom stereocenters. The molecule has 3 unspecified atom stereocenters. The molecule has 1 N–H and O–H groups in total. The summed E-state index contributed by atoms with van der Waals surface area (Å²) in [6.45, 7) is 13.6. The summed E-state index contributed by atoms with van der Waals surface area (Å²) in [5.74, 6) is 2.37. The fourth-order valence-corrected chi connectivity index (χ4v) is 3.85. The largest absolute Gasteiger partial charge is 0.385 e. The number of carbonyl (C=O) groups is 1. The van der Waals surface area contributed by atoms with Gasteiger partial charge in [0.2, 0.25) is 0 Å². The number of hydrogen-bond donors (Lipinski definition) is 1. The van der Waals surface area contributed by atoms with Crippen molar-refractivity contribution in [2.45, 2.75) is 131 Å². The maximum Gasteiger partial charge on any atom is 0.184 e. The van der Waals surface area contributed by atoms with Crippen molar-refractivity contribution in [2.75, 3.05) is 0 Å². The van der Waals surface area contributed by atoms with Gasteiger partial charge in [0.05, 0.1) is 0 Å². The van der Waals surface area contributed by atoms with E-state index in [-0.39, 0.29) is 5.78 Å². The van der Waals surface area contributed by atoms with Gasteiger partial charge in [0.25, 0.3) is 0 Å². The lowest BCUT2D eigenvalue weighted by Crippen LogP contribution is -2.18. The Balaban J connectivity index is 3.85. The Morgan fingerprint density at radius 1 is 0.786 bits per heavy atom. The predicted octanol–water partition coefficient (Wildman–Crippen LogP) is 7.88. The first kappa shape index (κ1) is 27.4. The van der Waals surface area contributed by atoms with Gasteiger partial charge in [-0.15, -0.1) is 0 Å². The van der Waals surface area contributed by atoms with E-state index >= 15 is 0 Å². The topological polar surface area (TPSA) is 37.3 Å². The van der Waals surface area contributed by atoms with Crippen LogP contribution < -0.4 is 0 Å². The van der Waals surface area contributed by atoms with Gasteiger partial charge >= 0.3 is 0 Å². The van der Waals surface area contributed by atoms with E-state index in [4.69, 9.17) is 0 Å². The van der Waals surface area contributed by atoms with Crippen molar-refractivity contribution in [1.82, 2.24) is 0 Å². The first-order chi connectivity index (χ1) is 13.3. The van der Waals surface area contributed by atoms with Gasteiger partial charge in [-0.05, 0) is 50.0 Å². The molecule has 0 saturated carbocycles.